The van der Waals surface area contributed by atoms with Crippen LogP contribution in [-0.2, 0) is 11.4 Å². The summed E-state index contributed by atoms with van der Waals surface area (Å²) >= 11 is 0. The highest BCUT2D eigenvalue weighted by Gasteiger charge is 2.04. The molecule has 3 heteroatoms. The molecular formula is C21H16N2O. The molecule has 3 rings (SSSR count). The molecule has 3 nitrogen and oxygen atoms in total. The molecule has 0 bridgehead atoms. The Morgan fingerprint density at radius 1 is 0.875 bits per heavy atom. The van der Waals surface area contributed by atoms with E-state index in [9.17, 15) is 0 Å². The van der Waals surface area contributed by atoms with Gasteiger partial charge in [0, 0.05) is 0 Å². The third-order valence-corrected chi connectivity index (χ3v) is 3.64. The number of rotatable bonds is 5. The van der Waals surface area contributed by atoms with Crippen molar-refractivity contribution in [2.24, 2.45) is 5.16 Å². The van der Waals surface area contributed by atoms with Crippen molar-refractivity contribution in [3.05, 3.63) is 95.6 Å². The molecule has 0 spiro atoms. The molecule has 0 heterocycles. The summed E-state index contributed by atoms with van der Waals surface area (Å²) in [6, 6.07) is 27.6. The minimum absolute atomic E-state index is 0.401. The van der Waals surface area contributed by atoms with Gasteiger partial charge in [-0.05, 0) is 34.4 Å². The molecule has 0 aliphatic carbocycles. The van der Waals surface area contributed by atoms with E-state index in [2.05, 4.69) is 29.4 Å². The Balaban J connectivity index is 1.67. The topological polar surface area (TPSA) is 45.4 Å². The van der Waals surface area contributed by atoms with Gasteiger partial charge in [0.25, 0.3) is 0 Å². The summed E-state index contributed by atoms with van der Waals surface area (Å²) in [5.74, 6) is 0. The summed E-state index contributed by atoms with van der Waals surface area (Å²) in [4.78, 5) is 5.45. The fraction of sp³-hybridized carbons (Fsp3) is 0.0476. The van der Waals surface area contributed by atoms with Crippen LogP contribution >= 0.6 is 0 Å². The van der Waals surface area contributed by atoms with Crippen molar-refractivity contribution in [3.63, 3.8) is 0 Å². The fourth-order valence-corrected chi connectivity index (χ4v) is 2.39. The number of oxime groups is 1. The molecule has 0 N–H and O–H groups in total. The molecule has 0 radical (unpaired) electrons. The molecule has 3 aromatic rings. The zero-order chi connectivity index (χ0) is 16.6. The van der Waals surface area contributed by atoms with E-state index in [1.165, 1.54) is 0 Å². The lowest BCUT2D eigenvalue weighted by molar-refractivity contribution is 0.132. The summed E-state index contributed by atoms with van der Waals surface area (Å²) in [5.41, 5.74) is 4.91. The lowest BCUT2D eigenvalue weighted by Crippen LogP contribution is -1.92. The van der Waals surface area contributed by atoms with Crippen LogP contribution < -0.4 is 0 Å². The second kappa shape index (κ2) is 7.75. The van der Waals surface area contributed by atoms with E-state index in [1.807, 2.05) is 48.5 Å². The molecule has 0 aliphatic heterocycles. The second-order valence-corrected chi connectivity index (χ2v) is 5.26. The highest BCUT2D eigenvalue weighted by molar-refractivity contribution is 5.79. The van der Waals surface area contributed by atoms with Crippen molar-refractivity contribution < 1.29 is 4.84 Å². The second-order valence-electron chi connectivity index (χ2n) is 5.26. The monoisotopic (exact) mass is 312 g/mol. The van der Waals surface area contributed by atoms with Gasteiger partial charge in [-0.1, -0.05) is 71.9 Å². The average molecular weight is 312 g/mol. The van der Waals surface area contributed by atoms with Crippen LogP contribution in [0.15, 0.2) is 84.0 Å². The third-order valence-electron chi connectivity index (χ3n) is 3.64. The SMILES string of the molecule is N#Cc1ccc(C=NOCc2ccccc2-c2ccccc2)cc1. The number of hydrogen-bond acceptors (Lipinski definition) is 3. The molecule has 0 aromatic heterocycles. The Kier molecular flexibility index (Phi) is 5.01. The number of nitriles is 1. The Labute approximate surface area is 141 Å². The fourth-order valence-electron chi connectivity index (χ4n) is 2.39. The zero-order valence-electron chi connectivity index (χ0n) is 13.1. The summed E-state index contributed by atoms with van der Waals surface area (Å²) in [7, 11) is 0. The molecule has 0 fully saturated rings. The molecule has 0 saturated carbocycles. The maximum atomic E-state index is 8.78. The van der Waals surface area contributed by atoms with Crippen LogP contribution in [0.3, 0.4) is 0 Å². The van der Waals surface area contributed by atoms with Gasteiger partial charge in [0.2, 0.25) is 0 Å². The van der Waals surface area contributed by atoms with Crippen LogP contribution in [0, 0.1) is 11.3 Å². The molecule has 24 heavy (non-hydrogen) atoms. The Morgan fingerprint density at radius 2 is 1.58 bits per heavy atom. The van der Waals surface area contributed by atoms with Crippen molar-refractivity contribution in [1.82, 2.24) is 0 Å². The first-order valence-electron chi connectivity index (χ1n) is 7.65. The van der Waals surface area contributed by atoms with Crippen molar-refractivity contribution in [2.75, 3.05) is 0 Å². The van der Waals surface area contributed by atoms with E-state index < -0.39 is 0 Å². The van der Waals surface area contributed by atoms with Crippen LogP contribution in [0.2, 0.25) is 0 Å². The zero-order valence-corrected chi connectivity index (χ0v) is 13.1. The first-order valence-corrected chi connectivity index (χ1v) is 7.65. The maximum Gasteiger partial charge on any atom is 0.142 e. The van der Waals surface area contributed by atoms with Gasteiger partial charge in [-0.2, -0.15) is 5.26 Å². The minimum Gasteiger partial charge on any atom is -0.391 e. The first-order chi connectivity index (χ1) is 11.9. The van der Waals surface area contributed by atoms with Crippen molar-refractivity contribution in [2.45, 2.75) is 6.61 Å². The Morgan fingerprint density at radius 3 is 2.33 bits per heavy atom. The van der Waals surface area contributed by atoms with E-state index in [1.54, 1.807) is 18.3 Å². The lowest BCUT2D eigenvalue weighted by atomic mass is 10.0. The van der Waals surface area contributed by atoms with Crippen LogP contribution in [0.4, 0.5) is 0 Å². The van der Waals surface area contributed by atoms with Crippen LogP contribution in [-0.4, -0.2) is 6.21 Å². The molecule has 116 valence electrons. The Hall–Kier alpha value is -3.38. The lowest BCUT2D eigenvalue weighted by Gasteiger charge is -2.08. The number of benzene rings is 3. The normalized spacial score (nSPS) is 10.5. The van der Waals surface area contributed by atoms with Crippen LogP contribution in [0.1, 0.15) is 16.7 Å². The van der Waals surface area contributed by atoms with Gasteiger partial charge < -0.3 is 4.84 Å². The molecule has 0 atom stereocenters. The number of nitrogens with zero attached hydrogens (tertiary/aromatic N) is 2. The number of hydrogen-bond donors (Lipinski definition) is 0. The third kappa shape index (κ3) is 3.88. The van der Waals surface area contributed by atoms with E-state index >= 15 is 0 Å². The molecule has 0 aliphatic rings. The summed E-state index contributed by atoms with van der Waals surface area (Å²) in [5, 5.41) is 12.8. The first kappa shape index (κ1) is 15.5. The average Bonchev–Trinajstić information content (AvgIpc) is 2.67. The van der Waals surface area contributed by atoms with Gasteiger partial charge in [-0.3, -0.25) is 0 Å². The summed E-state index contributed by atoms with van der Waals surface area (Å²) in [6.45, 7) is 0.401. The molecule has 3 aromatic carbocycles. The van der Waals surface area contributed by atoms with E-state index in [-0.39, 0.29) is 0 Å². The standard InChI is InChI=1S/C21H16N2O/c22-14-17-10-12-18(13-11-17)15-23-24-16-20-8-4-5-9-21(20)19-6-2-1-3-7-19/h1-13,15H,16H2. The predicted molar refractivity (Wildman–Crippen MR) is 95.4 cm³/mol. The van der Waals surface area contributed by atoms with E-state index in [0.717, 1.165) is 22.3 Å². The van der Waals surface area contributed by atoms with Crippen molar-refractivity contribution in [3.8, 4) is 17.2 Å². The quantitative estimate of drug-likeness (QED) is 0.503. The maximum absolute atomic E-state index is 8.78. The molecule has 0 saturated heterocycles. The predicted octanol–water partition coefficient (Wildman–Crippen LogP) is 4.78. The van der Waals surface area contributed by atoms with Gasteiger partial charge in [0.15, 0.2) is 0 Å². The van der Waals surface area contributed by atoms with E-state index in [4.69, 9.17) is 10.1 Å². The summed E-state index contributed by atoms with van der Waals surface area (Å²) in [6.07, 6.45) is 1.65. The van der Waals surface area contributed by atoms with Crippen LogP contribution in [0.25, 0.3) is 11.1 Å². The smallest absolute Gasteiger partial charge is 0.142 e. The van der Waals surface area contributed by atoms with Gasteiger partial charge >= 0.3 is 0 Å². The summed E-state index contributed by atoms with van der Waals surface area (Å²) < 4.78 is 0. The largest absolute Gasteiger partial charge is 0.391 e. The highest BCUT2D eigenvalue weighted by atomic mass is 16.6. The van der Waals surface area contributed by atoms with Crippen molar-refractivity contribution >= 4 is 6.21 Å². The van der Waals surface area contributed by atoms with Gasteiger partial charge in [-0.25, -0.2) is 0 Å². The Bertz CT molecular complexity index is 862. The van der Waals surface area contributed by atoms with Crippen molar-refractivity contribution in [1.29, 1.82) is 5.26 Å². The van der Waals surface area contributed by atoms with E-state index in [0.29, 0.717) is 12.2 Å². The molecule has 0 amide bonds. The highest BCUT2D eigenvalue weighted by Crippen LogP contribution is 2.23. The van der Waals surface area contributed by atoms with Crippen LogP contribution in [0.5, 0.6) is 0 Å². The molecular weight excluding hydrogens is 296 g/mol. The minimum atomic E-state index is 0.401. The molecule has 0 unspecified atom stereocenters. The van der Waals surface area contributed by atoms with Gasteiger partial charge in [0.05, 0.1) is 17.8 Å². The van der Waals surface area contributed by atoms with Gasteiger partial charge in [-0.15, -0.1) is 0 Å². The van der Waals surface area contributed by atoms with Gasteiger partial charge in [0.1, 0.15) is 6.61 Å².